The number of rotatable bonds is 2. The highest BCUT2D eigenvalue weighted by atomic mass is 19.1. The van der Waals surface area contributed by atoms with Crippen molar-refractivity contribution in [2.45, 2.75) is 18.9 Å². The number of halogens is 1. The fourth-order valence-corrected chi connectivity index (χ4v) is 2.56. The number of hydrogen-bond donors (Lipinski definition) is 1. The van der Waals surface area contributed by atoms with Crippen molar-refractivity contribution in [3.63, 3.8) is 0 Å². The predicted octanol–water partition coefficient (Wildman–Crippen LogP) is 1.97. The van der Waals surface area contributed by atoms with Crippen LogP contribution in [-0.2, 0) is 5.54 Å². The van der Waals surface area contributed by atoms with E-state index in [1.54, 1.807) is 19.2 Å². The summed E-state index contributed by atoms with van der Waals surface area (Å²) in [6.45, 7) is 4.91. The lowest BCUT2D eigenvalue weighted by Gasteiger charge is -2.38. The molecule has 0 aliphatic carbocycles. The van der Waals surface area contributed by atoms with E-state index in [1.165, 1.54) is 6.07 Å². The molecule has 0 aromatic heterocycles. The Labute approximate surface area is 108 Å². The lowest BCUT2D eigenvalue weighted by Crippen LogP contribution is -2.46. The first-order chi connectivity index (χ1) is 8.58. The van der Waals surface area contributed by atoms with E-state index >= 15 is 0 Å². The summed E-state index contributed by atoms with van der Waals surface area (Å²) in [6, 6.07) is 4.73. The molecule has 0 saturated carbocycles. The summed E-state index contributed by atoms with van der Waals surface area (Å²) in [5, 5.41) is 3.42. The Bertz CT molecular complexity index is 424. The van der Waals surface area contributed by atoms with Gasteiger partial charge in [-0.05, 0) is 51.7 Å². The first-order valence-corrected chi connectivity index (χ1v) is 6.34. The quantitative estimate of drug-likeness (QED) is 0.871. The van der Waals surface area contributed by atoms with Crippen molar-refractivity contribution in [3.05, 3.63) is 29.6 Å². The molecule has 1 aromatic carbocycles. The number of likely N-dealkylation sites (N-methyl/N-ethyl adjacent to an activating group) is 1. The number of nitrogens with zero attached hydrogens (tertiary/aromatic N) is 1. The van der Waals surface area contributed by atoms with Crippen molar-refractivity contribution < 1.29 is 9.13 Å². The van der Waals surface area contributed by atoms with Crippen LogP contribution in [0.5, 0.6) is 5.75 Å². The molecule has 1 N–H and O–H groups in total. The summed E-state index contributed by atoms with van der Waals surface area (Å²) >= 11 is 0. The normalized spacial score (nSPS) is 25.8. The fourth-order valence-electron chi connectivity index (χ4n) is 2.56. The molecule has 1 unspecified atom stereocenters. The van der Waals surface area contributed by atoms with Crippen LogP contribution in [0.15, 0.2) is 18.2 Å². The number of methoxy groups -OCH3 is 1. The van der Waals surface area contributed by atoms with Gasteiger partial charge in [0.2, 0.25) is 0 Å². The van der Waals surface area contributed by atoms with Gasteiger partial charge in [0.15, 0.2) is 0 Å². The number of ether oxygens (including phenoxy) is 1. The van der Waals surface area contributed by atoms with Crippen LogP contribution in [0.25, 0.3) is 0 Å². The number of benzene rings is 1. The molecule has 0 spiro atoms. The monoisotopic (exact) mass is 252 g/mol. The van der Waals surface area contributed by atoms with Gasteiger partial charge in [-0.25, -0.2) is 4.39 Å². The minimum atomic E-state index is -0.246. The van der Waals surface area contributed by atoms with E-state index in [-0.39, 0.29) is 11.4 Å². The second-order valence-electron chi connectivity index (χ2n) is 5.07. The molecule has 2 rings (SSSR count). The van der Waals surface area contributed by atoms with Gasteiger partial charge in [0.1, 0.15) is 11.6 Å². The molecule has 1 aliphatic heterocycles. The molecular weight excluding hydrogens is 231 g/mol. The third kappa shape index (κ3) is 2.35. The van der Waals surface area contributed by atoms with E-state index in [2.05, 4.69) is 24.2 Å². The smallest absolute Gasteiger partial charge is 0.124 e. The van der Waals surface area contributed by atoms with E-state index in [9.17, 15) is 4.39 Å². The number of hydrogen-bond acceptors (Lipinski definition) is 3. The average Bonchev–Trinajstić information content (AvgIpc) is 2.53. The van der Waals surface area contributed by atoms with Gasteiger partial charge >= 0.3 is 0 Å². The van der Waals surface area contributed by atoms with Crippen LogP contribution in [0, 0.1) is 5.82 Å². The summed E-state index contributed by atoms with van der Waals surface area (Å²) in [7, 11) is 3.71. The molecule has 1 saturated heterocycles. The van der Waals surface area contributed by atoms with Crippen molar-refractivity contribution >= 4 is 0 Å². The molecule has 4 heteroatoms. The molecule has 18 heavy (non-hydrogen) atoms. The van der Waals surface area contributed by atoms with Crippen molar-refractivity contribution in [2.75, 3.05) is 33.8 Å². The molecule has 0 amide bonds. The largest absolute Gasteiger partial charge is 0.496 e. The first kappa shape index (κ1) is 13.3. The third-order valence-electron chi connectivity index (χ3n) is 3.90. The van der Waals surface area contributed by atoms with E-state index in [0.29, 0.717) is 0 Å². The molecule has 3 nitrogen and oxygen atoms in total. The van der Waals surface area contributed by atoms with Crippen LogP contribution in [0.1, 0.15) is 18.9 Å². The molecule has 100 valence electrons. The molecule has 1 atom stereocenters. The minimum Gasteiger partial charge on any atom is -0.496 e. The van der Waals surface area contributed by atoms with Crippen LogP contribution >= 0.6 is 0 Å². The van der Waals surface area contributed by atoms with E-state index in [1.807, 2.05) is 0 Å². The topological polar surface area (TPSA) is 24.5 Å². The summed E-state index contributed by atoms with van der Waals surface area (Å²) in [5.74, 6) is 0.527. The Morgan fingerprint density at radius 1 is 1.44 bits per heavy atom. The van der Waals surface area contributed by atoms with Crippen molar-refractivity contribution in [1.82, 2.24) is 10.2 Å². The van der Waals surface area contributed by atoms with Gasteiger partial charge in [0, 0.05) is 12.1 Å². The highest BCUT2D eigenvalue weighted by molar-refractivity contribution is 5.40. The molecule has 0 bridgehead atoms. The van der Waals surface area contributed by atoms with Crippen molar-refractivity contribution in [3.8, 4) is 5.75 Å². The van der Waals surface area contributed by atoms with Crippen LogP contribution in [0.3, 0.4) is 0 Å². The molecule has 1 fully saturated rings. The van der Waals surface area contributed by atoms with Crippen LogP contribution < -0.4 is 10.1 Å². The average molecular weight is 252 g/mol. The number of nitrogens with one attached hydrogen (secondary N) is 1. The van der Waals surface area contributed by atoms with Crippen LogP contribution in [-0.4, -0.2) is 38.7 Å². The zero-order chi connectivity index (χ0) is 13.2. The maximum atomic E-state index is 13.5. The second kappa shape index (κ2) is 5.24. The van der Waals surface area contributed by atoms with Gasteiger partial charge in [-0.2, -0.15) is 0 Å². The van der Waals surface area contributed by atoms with E-state index in [0.717, 1.165) is 37.4 Å². The standard InChI is InChI=1S/C14H21FN2O/c1-14(10-16-7-4-8-17(14)2)12-9-11(15)5-6-13(12)18-3/h5-6,9,16H,4,7-8,10H2,1-3H3. The highest BCUT2D eigenvalue weighted by Crippen LogP contribution is 2.35. The van der Waals surface area contributed by atoms with Gasteiger partial charge in [-0.1, -0.05) is 0 Å². The molecule has 1 aliphatic rings. The lowest BCUT2D eigenvalue weighted by atomic mass is 9.89. The SMILES string of the molecule is COc1ccc(F)cc1C1(C)CNCCCN1C. The van der Waals surface area contributed by atoms with E-state index in [4.69, 9.17) is 4.74 Å². The summed E-state index contributed by atoms with van der Waals surface area (Å²) in [6.07, 6.45) is 1.10. The van der Waals surface area contributed by atoms with E-state index < -0.39 is 0 Å². The highest BCUT2D eigenvalue weighted by Gasteiger charge is 2.35. The minimum absolute atomic E-state index is 0.218. The summed E-state index contributed by atoms with van der Waals surface area (Å²) in [4.78, 5) is 2.27. The van der Waals surface area contributed by atoms with Gasteiger partial charge in [0.05, 0.1) is 12.6 Å². The predicted molar refractivity (Wildman–Crippen MR) is 70.4 cm³/mol. The second-order valence-corrected chi connectivity index (χ2v) is 5.07. The summed E-state index contributed by atoms with van der Waals surface area (Å²) in [5.41, 5.74) is 0.658. The third-order valence-corrected chi connectivity index (χ3v) is 3.90. The Kier molecular flexibility index (Phi) is 3.88. The maximum absolute atomic E-state index is 13.5. The zero-order valence-corrected chi connectivity index (χ0v) is 11.3. The summed E-state index contributed by atoms with van der Waals surface area (Å²) < 4.78 is 18.9. The van der Waals surface area contributed by atoms with Crippen LogP contribution in [0.4, 0.5) is 4.39 Å². The van der Waals surface area contributed by atoms with Crippen molar-refractivity contribution in [2.24, 2.45) is 0 Å². The Morgan fingerprint density at radius 3 is 2.94 bits per heavy atom. The van der Waals surface area contributed by atoms with Gasteiger partial charge < -0.3 is 10.1 Å². The van der Waals surface area contributed by atoms with Gasteiger partial charge in [-0.3, -0.25) is 4.90 Å². The molecule has 0 radical (unpaired) electrons. The first-order valence-electron chi connectivity index (χ1n) is 6.34. The molecular formula is C14H21FN2O. The van der Waals surface area contributed by atoms with Crippen LogP contribution in [0.2, 0.25) is 0 Å². The molecule has 1 heterocycles. The Morgan fingerprint density at radius 2 is 2.22 bits per heavy atom. The van der Waals surface area contributed by atoms with Gasteiger partial charge in [0.25, 0.3) is 0 Å². The lowest BCUT2D eigenvalue weighted by molar-refractivity contribution is 0.147. The Hall–Kier alpha value is -1.13. The van der Waals surface area contributed by atoms with Crippen molar-refractivity contribution in [1.29, 1.82) is 0 Å². The molecule has 1 aromatic rings. The zero-order valence-electron chi connectivity index (χ0n) is 11.3. The Balaban J connectivity index is 2.46. The fraction of sp³-hybridized carbons (Fsp3) is 0.571. The van der Waals surface area contributed by atoms with Gasteiger partial charge in [-0.15, -0.1) is 0 Å². The maximum Gasteiger partial charge on any atom is 0.124 e.